The number of carbonyl (C=O) groups excluding carboxylic acids is 1. The van der Waals surface area contributed by atoms with Crippen molar-refractivity contribution in [1.82, 2.24) is 14.9 Å². The molecule has 1 aliphatic carbocycles. The van der Waals surface area contributed by atoms with Gasteiger partial charge in [-0.05, 0) is 48.4 Å². The summed E-state index contributed by atoms with van der Waals surface area (Å²) in [6.07, 6.45) is 3.03. The molecule has 3 aromatic rings. The first-order valence-corrected chi connectivity index (χ1v) is 12.8. The Bertz CT molecular complexity index is 1170. The second kappa shape index (κ2) is 10.4. The van der Waals surface area contributed by atoms with Crippen molar-refractivity contribution >= 4 is 50.8 Å². The van der Waals surface area contributed by atoms with Crippen LogP contribution in [-0.2, 0) is 35.5 Å². The van der Waals surface area contributed by atoms with E-state index in [-0.39, 0.29) is 17.2 Å². The zero-order valence-electron chi connectivity index (χ0n) is 18.2. The van der Waals surface area contributed by atoms with Crippen LogP contribution >= 0.6 is 34.7 Å². The maximum atomic E-state index is 13.4. The smallest absolute Gasteiger partial charge is 0.263 e. The van der Waals surface area contributed by atoms with Gasteiger partial charge in [-0.2, -0.15) is 0 Å². The van der Waals surface area contributed by atoms with Gasteiger partial charge < -0.3 is 10.1 Å². The molecule has 0 aliphatic heterocycles. The van der Waals surface area contributed by atoms with Gasteiger partial charge in [0.1, 0.15) is 4.83 Å². The van der Waals surface area contributed by atoms with Gasteiger partial charge in [-0.3, -0.25) is 14.2 Å². The Morgan fingerprint density at radius 2 is 2.16 bits per heavy atom. The summed E-state index contributed by atoms with van der Waals surface area (Å²) < 4.78 is 6.88. The lowest BCUT2D eigenvalue weighted by Crippen LogP contribution is -2.28. The largest absolute Gasteiger partial charge is 0.383 e. The van der Waals surface area contributed by atoms with Crippen LogP contribution in [0.5, 0.6) is 0 Å². The zero-order chi connectivity index (χ0) is 22.7. The van der Waals surface area contributed by atoms with Gasteiger partial charge in [0.2, 0.25) is 5.91 Å². The molecule has 9 heteroatoms. The van der Waals surface area contributed by atoms with Crippen LogP contribution in [0.2, 0.25) is 5.02 Å². The molecule has 1 aromatic carbocycles. The molecule has 1 N–H and O–H groups in total. The molecular weight excluding hydrogens is 466 g/mol. The normalized spacial score (nSPS) is 15.7. The summed E-state index contributed by atoms with van der Waals surface area (Å²) >= 11 is 8.82. The quantitative estimate of drug-likeness (QED) is 0.376. The molecule has 4 rings (SSSR count). The number of hydrogen-bond acceptors (Lipinski definition) is 6. The predicted octanol–water partition coefficient (Wildman–Crippen LogP) is 4.29. The van der Waals surface area contributed by atoms with Gasteiger partial charge in [0.15, 0.2) is 5.16 Å². The highest BCUT2D eigenvalue weighted by Crippen LogP contribution is 2.36. The fourth-order valence-corrected chi connectivity index (χ4v) is 6.28. The third-order valence-electron chi connectivity index (χ3n) is 5.63. The fraction of sp³-hybridized carbons (Fsp3) is 0.435. The maximum absolute atomic E-state index is 13.4. The highest BCUT2D eigenvalue weighted by molar-refractivity contribution is 7.99. The van der Waals surface area contributed by atoms with Crippen molar-refractivity contribution in [2.24, 2.45) is 5.92 Å². The van der Waals surface area contributed by atoms with Gasteiger partial charge in [-0.15, -0.1) is 11.3 Å². The lowest BCUT2D eigenvalue weighted by molar-refractivity contribution is -0.118. The van der Waals surface area contributed by atoms with Gasteiger partial charge in [0, 0.05) is 23.6 Å². The molecule has 2 aromatic heterocycles. The number of thioether (sulfide) groups is 1. The molecule has 2 heterocycles. The maximum Gasteiger partial charge on any atom is 0.263 e. The van der Waals surface area contributed by atoms with Crippen LogP contribution in [0.15, 0.2) is 34.2 Å². The Morgan fingerprint density at radius 3 is 2.91 bits per heavy atom. The molecule has 1 amide bonds. The van der Waals surface area contributed by atoms with E-state index in [4.69, 9.17) is 21.3 Å². The van der Waals surface area contributed by atoms with E-state index >= 15 is 0 Å². The summed E-state index contributed by atoms with van der Waals surface area (Å²) in [6, 6.07) is 7.36. The molecule has 0 saturated heterocycles. The number of aryl methyl sites for hydroxylation is 1. The SMILES string of the molecule is COCCn1c(SCC(=O)NCc2ccc(Cl)cc2)nc2sc3c(c2c1=O)CC[C@H](C)C3. The number of hydrogen-bond donors (Lipinski definition) is 1. The number of amides is 1. The molecular formula is C23H26ClN3O3S2. The van der Waals surface area contributed by atoms with Crippen molar-refractivity contribution in [2.75, 3.05) is 19.5 Å². The van der Waals surface area contributed by atoms with E-state index in [0.29, 0.717) is 35.8 Å². The minimum absolute atomic E-state index is 0.0248. The Balaban J connectivity index is 1.53. The highest BCUT2D eigenvalue weighted by atomic mass is 35.5. The summed E-state index contributed by atoms with van der Waals surface area (Å²) in [5.41, 5.74) is 2.12. The number of thiophene rings is 1. The summed E-state index contributed by atoms with van der Waals surface area (Å²) in [5, 5.41) is 4.89. The lowest BCUT2D eigenvalue weighted by atomic mass is 9.89. The van der Waals surface area contributed by atoms with Crippen molar-refractivity contribution in [2.45, 2.75) is 44.4 Å². The van der Waals surface area contributed by atoms with Crippen LogP contribution in [0.1, 0.15) is 29.3 Å². The van der Waals surface area contributed by atoms with Gasteiger partial charge in [-0.25, -0.2) is 4.98 Å². The molecule has 32 heavy (non-hydrogen) atoms. The monoisotopic (exact) mass is 491 g/mol. The Labute approximate surface area is 200 Å². The molecule has 0 unspecified atom stereocenters. The van der Waals surface area contributed by atoms with Crippen molar-refractivity contribution in [1.29, 1.82) is 0 Å². The van der Waals surface area contributed by atoms with E-state index in [2.05, 4.69) is 12.2 Å². The van der Waals surface area contributed by atoms with E-state index in [1.807, 2.05) is 12.1 Å². The number of rotatable bonds is 8. The minimum atomic E-state index is -0.114. The molecule has 170 valence electrons. The average molecular weight is 492 g/mol. The average Bonchev–Trinajstić information content (AvgIpc) is 3.14. The summed E-state index contributed by atoms with van der Waals surface area (Å²) in [6.45, 7) is 3.50. The molecule has 0 spiro atoms. The van der Waals surface area contributed by atoms with Crippen molar-refractivity contribution < 1.29 is 9.53 Å². The number of nitrogens with zero attached hydrogens (tertiary/aromatic N) is 2. The second-order valence-electron chi connectivity index (χ2n) is 8.07. The number of benzene rings is 1. The molecule has 0 saturated carbocycles. The van der Waals surface area contributed by atoms with E-state index in [1.54, 1.807) is 35.1 Å². The number of carbonyl (C=O) groups is 1. The third-order valence-corrected chi connectivity index (χ3v) is 8.01. The number of fused-ring (bicyclic) bond motifs is 3. The molecule has 0 bridgehead atoms. The summed E-state index contributed by atoms with van der Waals surface area (Å²) in [5.74, 6) is 0.696. The van der Waals surface area contributed by atoms with Crippen LogP contribution < -0.4 is 10.9 Å². The fourth-order valence-electron chi connectivity index (χ4n) is 3.88. The van der Waals surface area contributed by atoms with Gasteiger partial charge in [0.05, 0.1) is 24.3 Å². The van der Waals surface area contributed by atoms with Crippen molar-refractivity contribution in [3.63, 3.8) is 0 Å². The van der Waals surface area contributed by atoms with E-state index < -0.39 is 0 Å². The molecule has 0 radical (unpaired) electrons. The zero-order valence-corrected chi connectivity index (χ0v) is 20.5. The Kier molecular flexibility index (Phi) is 7.55. The number of nitrogens with one attached hydrogen (secondary N) is 1. The van der Waals surface area contributed by atoms with E-state index in [1.165, 1.54) is 22.2 Å². The lowest BCUT2D eigenvalue weighted by Gasteiger charge is -2.17. The van der Waals surface area contributed by atoms with Gasteiger partial charge in [-0.1, -0.05) is 42.4 Å². The number of methoxy groups -OCH3 is 1. The standard InChI is InChI=1S/C23H26ClN3O3S2/c1-14-3-8-17-18(11-14)32-21-20(17)22(29)27(9-10-30-2)23(26-21)31-13-19(28)25-12-15-4-6-16(24)7-5-15/h4-7,14H,3,8-13H2,1-2H3,(H,25,28)/t14-/m0/s1. The van der Waals surface area contributed by atoms with Crippen LogP contribution in [0.4, 0.5) is 0 Å². The summed E-state index contributed by atoms with van der Waals surface area (Å²) in [4.78, 5) is 32.7. The molecule has 6 nitrogen and oxygen atoms in total. The second-order valence-corrected chi connectivity index (χ2v) is 10.5. The number of ether oxygens (including phenoxy) is 1. The van der Waals surface area contributed by atoms with Crippen LogP contribution in [0.25, 0.3) is 10.2 Å². The topological polar surface area (TPSA) is 73.2 Å². The predicted molar refractivity (Wildman–Crippen MR) is 131 cm³/mol. The summed E-state index contributed by atoms with van der Waals surface area (Å²) in [7, 11) is 1.61. The van der Waals surface area contributed by atoms with Crippen LogP contribution in [0, 0.1) is 5.92 Å². The molecule has 1 aliphatic rings. The molecule has 1 atom stereocenters. The first-order chi connectivity index (χ1) is 15.5. The minimum Gasteiger partial charge on any atom is -0.383 e. The third kappa shape index (κ3) is 5.20. The number of halogens is 1. The van der Waals surface area contributed by atoms with Crippen LogP contribution in [-0.4, -0.2) is 34.9 Å². The van der Waals surface area contributed by atoms with Crippen LogP contribution in [0.3, 0.4) is 0 Å². The Hall–Kier alpha value is -1.87. The van der Waals surface area contributed by atoms with Gasteiger partial charge >= 0.3 is 0 Å². The van der Waals surface area contributed by atoms with E-state index in [0.717, 1.165) is 35.0 Å². The van der Waals surface area contributed by atoms with Crippen molar-refractivity contribution in [3.8, 4) is 0 Å². The first-order valence-electron chi connectivity index (χ1n) is 10.6. The highest BCUT2D eigenvalue weighted by Gasteiger charge is 2.24. The van der Waals surface area contributed by atoms with Crippen molar-refractivity contribution in [3.05, 3.63) is 55.6 Å². The number of aromatic nitrogens is 2. The van der Waals surface area contributed by atoms with Gasteiger partial charge in [0.25, 0.3) is 5.56 Å². The molecule has 0 fully saturated rings. The Morgan fingerprint density at radius 1 is 1.38 bits per heavy atom. The van der Waals surface area contributed by atoms with E-state index in [9.17, 15) is 9.59 Å². The first kappa shape index (κ1) is 23.3.